The van der Waals surface area contributed by atoms with Gasteiger partial charge in [-0.2, -0.15) is 0 Å². The Balaban J connectivity index is 2.31. The summed E-state index contributed by atoms with van der Waals surface area (Å²) < 4.78 is 0. The summed E-state index contributed by atoms with van der Waals surface area (Å²) in [6, 6.07) is 5.62. The van der Waals surface area contributed by atoms with Gasteiger partial charge in [-0.15, -0.1) is 0 Å². The highest BCUT2D eigenvalue weighted by molar-refractivity contribution is 6.30. The third-order valence-electron chi connectivity index (χ3n) is 3.20. The summed E-state index contributed by atoms with van der Waals surface area (Å²) in [6.45, 7) is 4.15. The zero-order valence-electron chi connectivity index (χ0n) is 10.7. The number of nitrogens with zero attached hydrogens (tertiary/aromatic N) is 1. The Kier molecular flexibility index (Phi) is 4.09. The third-order valence-corrected chi connectivity index (χ3v) is 3.43. The number of hydrogen-bond donors (Lipinski definition) is 2. The summed E-state index contributed by atoms with van der Waals surface area (Å²) >= 11 is 5.97. The minimum atomic E-state index is -0.163. The monoisotopic (exact) mass is 267 g/mol. The molecule has 1 heterocycles. The highest BCUT2D eigenvalue weighted by atomic mass is 35.5. The molecule has 1 saturated heterocycles. The number of nitrogens with one attached hydrogen (secondary N) is 2. The van der Waals surface area contributed by atoms with E-state index in [0.717, 1.165) is 22.8 Å². The highest BCUT2D eigenvalue weighted by Gasteiger charge is 2.29. The van der Waals surface area contributed by atoms with Gasteiger partial charge in [0.1, 0.15) is 6.04 Å². The van der Waals surface area contributed by atoms with Gasteiger partial charge in [-0.05, 0) is 37.7 Å². The van der Waals surface area contributed by atoms with Crippen LogP contribution in [0.5, 0.6) is 0 Å². The summed E-state index contributed by atoms with van der Waals surface area (Å²) in [7, 11) is 1.86. The maximum absolute atomic E-state index is 11.9. The maximum atomic E-state index is 11.9. The van der Waals surface area contributed by atoms with Gasteiger partial charge in [0.2, 0.25) is 5.91 Å². The number of carbonyl (C=O) groups is 1. The fourth-order valence-corrected chi connectivity index (χ4v) is 2.57. The number of rotatable bonds is 3. The molecule has 0 radical (unpaired) electrons. The Hall–Kier alpha value is -1.26. The number of benzene rings is 1. The molecule has 0 bridgehead atoms. The van der Waals surface area contributed by atoms with E-state index in [0.29, 0.717) is 13.1 Å². The van der Waals surface area contributed by atoms with Crippen molar-refractivity contribution in [1.82, 2.24) is 10.6 Å². The molecule has 0 saturated carbocycles. The summed E-state index contributed by atoms with van der Waals surface area (Å²) in [5.74, 6) is 0.0740. The van der Waals surface area contributed by atoms with Crippen molar-refractivity contribution in [3.05, 3.63) is 28.8 Å². The van der Waals surface area contributed by atoms with E-state index >= 15 is 0 Å². The topological polar surface area (TPSA) is 44.4 Å². The molecule has 1 fully saturated rings. The van der Waals surface area contributed by atoms with Crippen molar-refractivity contribution in [2.45, 2.75) is 13.0 Å². The highest BCUT2D eigenvalue weighted by Crippen LogP contribution is 2.26. The van der Waals surface area contributed by atoms with Crippen LogP contribution in [0.2, 0.25) is 5.02 Å². The molecule has 4 nitrogen and oxygen atoms in total. The zero-order valence-corrected chi connectivity index (χ0v) is 11.4. The van der Waals surface area contributed by atoms with Gasteiger partial charge in [-0.25, -0.2) is 0 Å². The Morgan fingerprint density at radius 3 is 3.00 bits per heavy atom. The Morgan fingerprint density at radius 1 is 1.56 bits per heavy atom. The Bertz CT molecular complexity index is 450. The van der Waals surface area contributed by atoms with Crippen LogP contribution >= 0.6 is 11.6 Å². The lowest BCUT2D eigenvalue weighted by molar-refractivity contribution is -0.123. The number of aryl methyl sites for hydroxylation is 1. The Morgan fingerprint density at radius 2 is 2.33 bits per heavy atom. The van der Waals surface area contributed by atoms with Crippen LogP contribution < -0.4 is 15.5 Å². The Labute approximate surface area is 112 Å². The molecule has 2 rings (SSSR count). The molecular weight excluding hydrogens is 250 g/mol. The number of likely N-dealkylation sites (N-methyl/N-ethyl adjacent to an activating group) is 1. The number of anilines is 1. The maximum Gasteiger partial charge on any atom is 0.244 e. The van der Waals surface area contributed by atoms with Gasteiger partial charge in [0.25, 0.3) is 0 Å². The normalized spacial score (nSPS) is 19.8. The lowest BCUT2D eigenvalue weighted by Crippen LogP contribution is -2.58. The van der Waals surface area contributed by atoms with Crippen LogP contribution in [-0.4, -0.2) is 38.6 Å². The van der Waals surface area contributed by atoms with Gasteiger partial charge < -0.3 is 15.5 Å². The van der Waals surface area contributed by atoms with E-state index in [1.54, 1.807) is 0 Å². The lowest BCUT2D eigenvalue weighted by atomic mass is 10.1. The minimum Gasteiger partial charge on any atom is -0.357 e. The van der Waals surface area contributed by atoms with Crippen molar-refractivity contribution < 1.29 is 4.79 Å². The molecule has 1 amide bonds. The van der Waals surface area contributed by atoms with E-state index in [9.17, 15) is 4.79 Å². The minimum absolute atomic E-state index is 0.0740. The van der Waals surface area contributed by atoms with E-state index in [4.69, 9.17) is 11.6 Å². The molecule has 0 spiro atoms. The van der Waals surface area contributed by atoms with Crippen molar-refractivity contribution in [1.29, 1.82) is 0 Å². The van der Waals surface area contributed by atoms with Crippen LogP contribution in [0.3, 0.4) is 0 Å². The molecule has 1 aliphatic heterocycles. The second kappa shape index (κ2) is 5.59. The van der Waals surface area contributed by atoms with Crippen LogP contribution in [0.1, 0.15) is 5.56 Å². The second-order valence-corrected chi connectivity index (χ2v) is 4.93. The van der Waals surface area contributed by atoms with Crippen molar-refractivity contribution in [2.24, 2.45) is 0 Å². The first-order chi connectivity index (χ1) is 8.63. The molecule has 1 aromatic rings. The fraction of sp³-hybridized carbons (Fsp3) is 0.462. The van der Waals surface area contributed by atoms with Crippen molar-refractivity contribution in [3.63, 3.8) is 0 Å². The molecule has 1 aromatic carbocycles. The quantitative estimate of drug-likeness (QED) is 0.864. The summed E-state index contributed by atoms with van der Waals surface area (Å²) in [5.41, 5.74) is 2.17. The van der Waals surface area contributed by atoms with Crippen LogP contribution in [-0.2, 0) is 4.79 Å². The molecule has 98 valence electrons. The van der Waals surface area contributed by atoms with Gasteiger partial charge in [0.15, 0.2) is 0 Å². The van der Waals surface area contributed by atoms with Gasteiger partial charge in [0.05, 0.1) is 0 Å². The number of piperazine rings is 1. The van der Waals surface area contributed by atoms with Crippen molar-refractivity contribution in [2.75, 3.05) is 31.6 Å². The first kappa shape index (κ1) is 13.2. The molecule has 1 aliphatic rings. The number of halogens is 1. The molecule has 5 heteroatoms. The van der Waals surface area contributed by atoms with Crippen LogP contribution in [0.4, 0.5) is 5.69 Å². The predicted octanol–water partition coefficient (Wildman–Crippen LogP) is 1.17. The molecule has 18 heavy (non-hydrogen) atoms. The molecule has 0 aliphatic carbocycles. The van der Waals surface area contributed by atoms with E-state index < -0.39 is 0 Å². The van der Waals surface area contributed by atoms with E-state index in [1.807, 2.05) is 32.2 Å². The summed E-state index contributed by atoms with van der Waals surface area (Å²) in [6.07, 6.45) is 0. The number of hydrogen-bond acceptors (Lipinski definition) is 3. The fourth-order valence-electron chi connectivity index (χ4n) is 2.34. The third kappa shape index (κ3) is 2.60. The summed E-state index contributed by atoms with van der Waals surface area (Å²) in [4.78, 5) is 14.1. The largest absolute Gasteiger partial charge is 0.357 e. The molecule has 2 N–H and O–H groups in total. The van der Waals surface area contributed by atoms with Gasteiger partial charge in [-0.1, -0.05) is 11.6 Å². The second-order valence-electron chi connectivity index (χ2n) is 4.49. The first-order valence-electron chi connectivity index (χ1n) is 6.08. The average molecular weight is 268 g/mol. The molecule has 1 atom stereocenters. The standard InChI is InChI=1S/C13H18ClN3O/c1-9-7-10(14)3-4-11(9)17-6-5-16-13(18)12(17)8-15-2/h3-4,7,12,15H,5-6,8H2,1-2H3,(H,16,18). The van der Waals surface area contributed by atoms with E-state index in [-0.39, 0.29) is 11.9 Å². The van der Waals surface area contributed by atoms with Crippen molar-refractivity contribution in [3.8, 4) is 0 Å². The van der Waals surface area contributed by atoms with E-state index in [1.165, 1.54) is 0 Å². The van der Waals surface area contributed by atoms with Gasteiger partial charge in [0, 0.05) is 30.3 Å². The zero-order chi connectivity index (χ0) is 13.1. The molecule has 0 aromatic heterocycles. The van der Waals surface area contributed by atoms with Crippen molar-refractivity contribution >= 4 is 23.2 Å². The first-order valence-corrected chi connectivity index (χ1v) is 6.46. The molecular formula is C13H18ClN3O. The number of amides is 1. The number of carbonyl (C=O) groups excluding carboxylic acids is 1. The molecule has 1 unspecified atom stereocenters. The average Bonchev–Trinajstić information content (AvgIpc) is 2.32. The van der Waals surface area contributed by atoms with Crippen LogP contribution in [0.25, 0.3) is 0 Å². The van der Waals surface area contributed by atoms with Crippen LogP contribution in [0.15, 0.2) is 18.2 Å². The van der Waals surface area contributed by atoms with Crippen LogP contribution in [0, 0.1) is 6.92 Å². The van der Waals surface area contributed by atoms with Gasteiger partial charge >= 0.3 is 0 Å². The van der Waals surface area contributed by atoms with Gasteiger partial charge in [-0.3, -0.25) is 4.79 Å². The lowest BCUT2D eigenvalue weighted by Gasteiger charge is -2.37. The smallest absolute Gasteiger partial charge is 0.244 e. The predicted molar refractivity (Wildman–Crippen MR) is 74.3 cm³/mol. The summed E-state index contributed by atoms with van der Waals surface area (Å²) in [5, 5.41) is 6.70. The SMILES string of the molecule is CNCC1C(=O)NCCN1c1ccc(Cl)cc1C. The van der Waals surface area contributed by atoms with E-state index in [2.05, 4.69) is 15.5 Å².